The second kappa shape index (κ2) is 8.73. The van der Waals surface area contributed by atoms with E-state index in [2.05, 4.69) is 4.98 Å². The molecule has 29 heavy (non-hydrogen) atoms. The fraction of sp³-hybridized carbons (Fsp3) is 0.261. The summed E-state index contributed by atoms with van der Waals surface area (Å²) in [6, 6.07) is 14.0. The van der Waals surface area contributed by atoms with Gasteiger partial charge in [-0.2, -0.15) is 0 Å². The van der Waals surface area contributed by atoms with E-state index in [0.717, 1.165) is 5.69 Å². The molecule has 0 spiro atoms. The highest BCUT2D eigenvalue weighted by Crippen LogP contribution is 2.26. The van der Waals surface area contributed by atoms with Crippen LogP contribution in [0.4, 0.5) is 0 Å². The number of rotatable bonds is 7. The van der Waals surface area contributed by atoms with Crippen LogP contribution in [0.15, 0.2) is 48.5 Å². The van der Waals surface area contributed by atoms with E-state index in [4.69, 9.17) is 14.2 Å². The first-order chi connectivity index (χ1) is 13.9. The van der Waals surface area contributed by atoms with Crippen molar-refractivity contribution in [1.82, 2.24) is 4.98 Å². The minimum Gasteiger partial charge on any atom is -0.497 e. The van der Waals surface area contributed by atoms with Crippen LogP contribution in [0.3, 0.4) is 0 Å². The Balaban J connectivity index is 1.85. The van der Waals surface area contributed by atoms with Crippen LogP contribution < -0.4 is 9.47 Å². The van der Waals surface area contributed by atoms with Gasteiger partial charge in [0.1, 0.15) is 11.5 Å². The van der Waals surface area contributed by atoms with Crippen molar-refractivity contribution in [2.24, 2.45) is 0 Å². The monoisotopic (exact) mass is 393 g/mol. The van der Waals surface area contributed by atoms with Crippen LogP contribution in [0.1, 0.15) is 46.2 Å². The molecule has 0 saturated carbocycles. The standard InChI is InChI=1S/C23H23NO5/c1-14(2)20-12-17(16-7-5-6-8-19(16)24-20)23(26)29-13-21(25)18-11-15(27-3)9-10-22(18)28-4/h5-12,14H,13H2,1-4H3. The molecule has 0 fully saturated rings. The average molecular weight is 393 g/mol. The predicted octanol–water partition coefficient (Wildman–Crippen LogP) is 4.42. The average Bonchev–Trinajstić information content (AvgIpc) is 2.75. The van der Waals surface area contributed by atoms with Gasteiger partial charge in [-0.05, 0) is 36.2 Å². The number of benzene rings is 2. The summed E-state index contributed by atoms with van der Waals surface area (Å²) < 4.78 is 15.7. The highest BCUT2D eigenvalue weighted by atomic mass is 16.5. The third kappa shape index (κ3) is 4.37. The first-order valence-corrected chi connectivity index (χ1v) is 9.26. The van der Waals surface area contributed by atoms with Gasteiger partial charge < -0.3 is 14.2 Å². The zero-order chi connectivity index (χ0) is 21.0. The van der Waals surface area contributed by atoms with Crippen LogP contribution in [0.5, 0.6) is 11.5 Å². The van der Waals surface area contributed by atoms with Crippen molar-refractivity contribution in [3.63, 3.8) is 0 Å². The predicted molar refractivity (Wildman–Crippen MR) is 110 cm³/mol. The maximum absolute atomic E-state index is 12.8. The van der Waals surface area contributed by atoms with E-state index in [0.29, 0.717) is 33.5 Å². The van der Waals surface area contributed by atoms with E-state index in [1.165, 1.54) is 14.2 Å². The number of fused-ring (bicyclic) bond motifs is 1. The van der Waals surface area contributed by atoms with E-state index >= 15 is 0 Å². The van der Waals surface area contributed by atoms with Gasteiger partial charge in [0.05, 0.1) is 30.9 Å². The Morgan fingerprint density at radius 2 is 1.72 bits per heavy atom. The number of pyridine rings is 1. The lowest BCUT2D eigenvalue weighted by molar-refractivity contribution is 0.0475. The lowest BCUT2D eigenvalue weighted by Crippen LogP contribution is -2.16. The third-order valence-corrected chi connectivity index (χ3v) is 4.59. The van der Waals surface area contributed by atoms with E-state index in [1.807, 2.05) is 38.1 Å². The van der Waals surface area contributed by atoms with Crippen LogP contribution >= 0.6 is 0 Å². The van der Waals surface area contributed by atoms with Gasteiger partial charge in [0.15, 0.2) is 6.61 Å². The molecule has 150 valence electrons. The molecule has 3 aromatic rings. The van der Waals surface area contributed by atoms with Crippen molar-refractivity contribution in [3.8, 4) is 11.5 Å². The third-order valence-electron chi connectivity index (χ3n) is 4.59. The highest BCUT2D eigenvalue weighted by Gasteiger charge is 2.19. The molecule has 0 aliphatic carbocycles. The molecule has 0 atom stereocenters. The summed E-state index contributed by atoms with van der Waals surface area (Å²) >= 11 is 0. The fourth-order valence-electron chi connectivity index (χ4n) is 2.98. The van der Waals surface area contributed by atoms with Gasteiger partial charge >= 0.3 is 5.97 Å². The summed E-state index contributed by atoms with van der Waals surface area (Å²) in [5, 5.41) is 0.688. The maximum Gasteiger partial charge on any atom is 0.339 e. The molecule has 6 nitrogen and oxygen atoms in total. The van der Waals surface area contributed by atoms with E-state index in [1.54, 1.807) is 24.3 Å². The smallest absolute Gasteiger partial charge is 0.339 e. The van der Waals surface area contributed by atoms with Crippen LogP contribution in [-0.2, 0) is 4.74 Å². The number of carbonyl (C=O) groups is 2. The fourth-order valence-corrected chi connectivity index (χ4v) is 2.98. The van der Waals surface area contributed by atoms with Crippen molar-refractivity contribution < 1.29 is 23.8 Å². The number of aromatic nitrogens is 1. The van der Waals surface area contributed by atoms with Gasteiger partial charge in [-0.3, -0.25) is 9.78 Å². The zero-order valence-electron chi connectivity index (χ0n) is 16.9. The Labute approximate surface area is 169 Å². The molecule has 0 aliphatic rings. The number of hydrogen-bond donors (Lipinski definition) is 0. The summed E-state index contributed by atoms with van der Waals surface area (Å²) in [5.74, 6) is 0.108. The van der Waals surface area contributed by atoms with Crippen molar-refractivity contribution in [1.29, 1.82) is 0 Å². The number of esters is 1. The van der Waals surface area contributed by atoms with Gasteiger partial charge in [0, 0.05) is 11.1 Å². The molecule has 1 heterocycles. The SMILES string of the molecule is COc1ccc(OC)c(C(=O)COC(=O)c2cc(C(C)C)nc3ccccc23)c1. The Morgan fingerprint density at radius 1 is 0.966 bits per heavy atom. The number of Topliss-reactive ketones (excluding diaryl/α,β-unsaturated/α-hetero) is 1. The molecule has 0 radical (unpaired) electrons. The van der Waals surface area contributed by atoms with Crippen LogP contribution in [0.25, 0.3) is 10.9 Å². The van der Waals surface area contributed by atoms with Gasteiger partial charge in [-0.1, -0.05) is 32.0 Å². The van der Waals surface area contributed by atoms with Crippen LogP contribution in [0, 0.1) is 0 Å². The molecule has 0 amide bonds. The molecule has 0 bridgehead atoms. The second-order valence-corrected chi connectivity index (χ2v) is 6.83. The van der Waals surface area contributed by atoms with Gasteiger partial charge in [0.25, 0.3) is 0 Å². The minimum absolute atomic E-state index is 0.147. The molecule has 6 heteroatoms. The van der Waals surface area contributed by atoms with Gasteiger partial charge in [0.2, 0.25) is 5.78 Å². The van der Waals surface area contributed by atoms with Crippen LogP contribution in [0.2, 0.25) is 0 Å². The number of methoxy groups -OCH3 is 2. The highest BCUT2D eigenvalue weighted by molar-refractivity contribution is 6.05. The Hall–Kier alpha value is -3.41. The molecule has 0 saturated heterocycles. The summed E-state index contributed by atoms with van der Waals surface area (Å²) in [5.41, 5.74) is 2.19. The number of para-hydroxylation sites is 1. The Bertz CT molecular complexity index is 1060. The van der Waals surface area contributed by atoms with Crippen LogP contribution in [-0.4, -0.2) is 37.6 Å². The van der Waals surface area contributed by atoms with Crippen molar-refractivity contribution in [2.45, 2.75) is 19.8 Å². The molecular formula is C23H23NO5. The number of nitrogens with zero attached hydrogens (tertiary/aromatic N) is 1. The lowest BCUT2D eigenvalue weighted by atomic mass is 10.0. The lowest BCUT2D eigenvalue weighted by Gasteiger charge is -2.12. The van der Waals surface area contributed by atoms with Crippen molar-refractivity contribution in [2.75, 3.05) is 20.8 Å². The molecule has 3 rings (SSSR count). The summed E-state index contributed by atoms with van der Waals surface area (Å²) in [6.07, 6.45) is 0. The first kappa shape index (κ1) is 20.3. The molecule has 0 aliphatic heterocycles. The van der Waals surface area contributed by atoms with Gasteiger partial charge in [-0.15, -0.1) is 0 Å². The zero-order valence-corrected chi connectivity index (χ0v) is 16.9. The molecular weight excluding hydrogens is 370 g/mol. The number of carbonyl (C=O) groups excluding carboxylic acids is 2. The quantitative estimate of drug-likeness (QED) is 0.437. The molecule has 0 N–H and O–H groups in total. The summed E-state index contributed by atoms with van der Waals surface area (Å²) in [6.45, 7) is 3.60. The van der Waals surface area contributed by atoms with Gasteiger partial charge in [-0.25, -0.2) is 4.79 Å². The normalized spacial score (nSPS) is 10.8. The first-order valence-electron chi connectivity index (χ1n) is 9.26. The Morgan fingerprint density at radius 3 is 2.41 bits per heavy atom. The van der Waals surface area contributed by atoms with E-state index in [9.17, 15) is 9.59 Å². The maximum atomic E-state index is 12.8. The van der Waals surface area contributed by atoms with E-state index < -0.39 is 12.6 Å². The topological polar surface area (TPSA) is 74.7 Å². The molecule has 1 aromatic heterocycles. The number of ether oxygens (including phenoxy) is 3. The van der Waals surface area contributed by atoms with Crippen molar-refractivity contribution in [3.05, 3.63) is 65.4 Å². The number of ketones is 1. The number of hydrogen-bond acceptors (Lipinski definition) is 6. The minimum atomic E-state index is -0.569. The second-order valence-electron chi connectivity index (χ2n) is 6.83. The molecule has 2 aromatic carbocycles. The summed E-state index contributed by atoms with van der Waals surface area (Å²) in [4.78, 5) is 30.0. The van der Waals surface area contributed by atoms with E-state index in [-0.39, 0.29) is 11.7 Å². The largest absolute Gasteiger partial charge is 0.497 e. The summed E-state index contributed by atoms with van der Waals surface area (Å²) in [7, 11) is 2.98. The molecule has 0 unspecified atom stereocenters. The van der Waals surface area contributed by atoms with Crippen molar-refractivity contribution >= 4 is 22.7 Å². The Kier molecular flexibility index (Phi) is 6.12.